The Morgan fingerprint density at radius 2 is 2.15 bits per heavy atom. The molecule has 27 heavy (non-hydrogen) atoms. The van der Waals surface area contributed by atoms with E-state index in [1.807, 2.05) is 36.9 Å². The van der Waals surface area contributed by atoms with Crippen molar-refractivity contribution in [3.8, 4) is 0 Å². The highest BCUT2D eigenvalue weighted by molar-refractivity contribution is 7.99. The lowest BCUT2D eigenvalue weighted by Crippen LogP contribution is -2.46. The SMILES string of the molecule is CC(C)NC(=O)C1CCCN(C(=O)CCSc2nccc3ncccc23)C1. The fraction of sp³-hybridized carbons (Fsp3) is 0.500. The third-order valence-corrected chi connectivity index (χ3v) is 5.63. The van der Waals surface area contributed by atoms with Crippen LogP contribution in [-0.4, -0.2) is 51.6 Å². The average Bonchev–Trinajstić information content (AvgIpc) is 2.67. The van der Waals surface area contributed by atoms with Crippen molar-refractivity contribution in [2.24, 2.45) is 5.92 Å². The molecule has 1 fully saturated rings. The van der Waals surface area contributed by atoms with Crippen LogP contribution in [0.1, 0.15) is 33.1 Å². The number of amides is 2. The normalized spacial score (nSPS) is 17.3. The van der Waals surface area contributed by atoms with Crippen LogP contribution in [0.4, 0.5) is 0 Å². The molecule has 1 aliphatic rings. The highest BCUT2D eigenvalue weighted by atomic mass is 32.2. The maximum Gasteiger partial charge on any atom is 0.225 e. The standard InChI is InChI=1S/C20H26N4O2S/c1-14(2)23-19(26)15-5-4-11-24(13-15)18(25)8-12-27-20-16-6-3-9-21-17(16)7-10-22-20/h3,6-7,9-10,14-15H,4-5,8,11-13H2,1-2H3,(H,23,26). The van der Waals surface area contributed by atoms with Gasteiger partial charge in [-0.15, -0.1) is 11.8 Å². The Balaban J connectivity index is 1.52. The molecule has 6 nitrogen and oxygen atoms in total. The molecule has 3 heterocycles. The third kappa shape index (κ3) is 5.19. The summed E-state index contributed by atoms with van der Waals surface area (Å²) in [5, 5.41) is 4.88. The summed E-state index contributed by atoms with van der Waals surface area (Å²) < 4.78 is 0. The van der Waals surface area contributed by atoms with Gasteiger partial charge in [-0.1, -0.05) is 0 Å². The Labute approximate surface area is 164 Å². The summed E-state index contributed by atoms with van der Waals surface area (Å²) in [6.07, 6.45) is 5.70. The zero-order chi connectivity index (χ0) is 19.2. The molecule has 2 amide bonds. The monoisotopic (exact) mass is 386 g/mol. The van der Waals surface area contributed by atoms with E-state index in [0.717, 1.165) is 35.3 Å². The summed E-state index contributed by atoms with van der Waals surface area (Å²) in [6, 6.07) is 5.92. The number of pyridine rings is 2. The van der Waals surface area contributed by atoms with Crippen LogP contribution in [0, 0.1) is 5.92 Å². The minimum absolute atomic E-state index is 0.0596. The lowest BCUT2D eigenvalue weighted by atomic mass is 9.96. The predicted octanol–water partition coefficient (Wildman–Crippen LogP) is 2.88. The maximum atomic E-state index is 12.6. The van der Waals surface area contributed by atoms with Crippen LogP contribution >= 0.6 is 11.8 Å². The van der Waals surface area contributed by atoms with Crippen LogP contribution in [0.3, 0.4) is 0 Å². The van der Waals surface area contributed by atoms with Gasteiger partial charge in [-0.25, -0.2) is 4.98 Å². The Hall–Kier alpha value is -2.15. The van der Waals surface area contributed by atoms with Gasteiger partial charge in [0, 0.05) is 49.1 Å². The molecule has 0 saturated carbocycles. The van der Waals surface area contributed by atoms with Crippen molar-refractivity contribution in [3.05, 3.63) is 30.6 Å². The van der Waals surface area contributed by atoms with Crippen LogP contribution in [-0.2, 0) is 9.59 Å². The molecule has 7 heteroatoms. The number of hydrogen-bond donors (Lipinski definition) is 1. The highest BCUT2D eigenvalue weighted by Crippen LogP contribution is 2.25. The first-order valence-electron chi connectivity index (χ1n) is 9.45. The predicted molar refractivity (Wildman–Crippen MR) is 107 cm³/mol. The molecule has 2 aromatic rings. The summed E-state index contributed by atoms with van der Waals surface area (Å²) in [5.41, 5.74) is 0.913. The fourth-order valence-electron chi connectivity index (χ4n) is 3.30. The van der Waals surface area contributed by atoms with Crippen LogP contribution in [0.25, 0.3) is 10.9 Å². The van der Waals surface area contributed by atoms with E-state index < -0.39 is 0 Å². The van der Waals surface area contributed by atoms with Gasteiger partial charge in [0.2, 0.25) is 11.8 Å². The summed E-state index contributed by atoms with van der Waals surface area (Å²) in [6.45, 7) is 5.18. The summed E-state index contributed by atoms with van der Waals surface area (Å²) in [5.74, 6) is 0.745. The summed E-state index contributed by atoms with van der Waals surface area (Å²) in [4.78, 5) is 35.4. The number of fused-ring (bicyclic) bond motifs is 1. The van der Waals surface area contributed by atoms with Crippen LogP contribution in [0.15, 0.2) is 35.6 Å². The molecule has 1 saturated heterocycles. The Bertz CT molecular complexity index is 806. The van der Waals surface area contributed by atoms with Gasteiger partial charge < -0.3 is 10.2 Å². The zero-order valence-electron chi connectivity index (χ0n) is 15.9. The minimum atomic E-state index is -0.0939. The van der Waals surface area contributed by atoms with Gasteiger partial charge in [0.25, 0.3) is 0 Å². The van der Waals surface area contributed by atoms with E-state index in [4.69, 9.17) is 0 Å². The number of aromatic nitrogens is 2. The summed E-state index contributed by atoms with van der Waals surface area (Å²) in [7, 11) is 0. The molecule has 144 valence electrons. The second kappa shape index (κ2) is 9.17. The minimum Gasteiger partial charge on any atom is -0.354 e. The van der Waals surface area contributed by atoms with Gasteiger partial charge in [0.1, 0.15) is 5.03 Å². The second-order valence-corrected chi connectivity index (χ2v) is 8.21. The quantitative estimate of drug-likeness (QED) is 0.773. The number of nitrogens with one attached hydrogen (secondary N) is 1. The van der Waals surface area contributed by atoms with Crippen LogP contribution in [0.5, 0.6) is 0 Å². The van der Waals surface area contributed by atoms with Gasteiger partial charge in [0.15, 0.2) is 0 Å². The number of rotatable bonds is 6. The van der Waals surface area contributed by atoms with E-state index in [2.05, 4.69) is 15.3 Å². The largest absolute Gasteiger partial charge is 0.354 e. The van der Waals surface area contributed by atoms with Crippen molar-refractivity contribution < 1.29 is 9.59 Å². The van der Waals surface area contributed by atoms with Crippen molar-refractivity contribution in [2.75, 3.05) is 18.8 Å². The number of carbonyl (C=O) groups excluding carboxylic acids is 2. The van der Waals surface area contributed by atoms with Crippen LogP contribution in [0.2, 0.25) is 0 Å². The van der Waals surface area contributed by atoms with Gasteiger partial charge in [-0.05, 0) is 44.9 Å². The molecule has 1 atom stereocenters. The maximum absolute atomic E-state index is 12.6. The van der Waals surface area contributed by atoms with E-state index in [9.17, 15) is 9.59 Å². The molecule has 0 radical (unpaired) electrons. The topological polar surface area (TPSA) is 75.2 Å². The van der Waals surface area contributed by atoms with Crippen LogP contribution < -0.4 is 5.32 Å². The van der Waals surface area contributed by atoms with Crippen molar-refractivity contribution in [3.63, 3.8) is 0 Å². The molecule has 1 N–H and O–H groups in total. The molecule has 0 aliphatic carbocycles. The Morgan fingerprint density at radius 1 is 1.30 bits per heavy atom. The molecule has 2 aromatic heterocycles. The van der Waals surface area contributed by atoms with E-state index >= 15 is 0 Å². The van der Waals surface area contributed by atoms with Gasteiger partial charge in [-0.2, -0.15) is 0 Å². The number of piperidine rings is 1. The van der Waals surface area contributed by atoms with E-state index in [-0.39, 0.29) is 23.8 Å². The smallest absolute Gasteiger partial charge is 0.225 e. The Morgan fingerprint density at radius 3 is 2.96 bits per heavy atom. The average molecular weight is 387 g/mol. The van der Waals surface area contributed by atoms with Crippen molar-refractivity contribution in [1.29, 1.82) is 0 Å². The highest BCUT2D eigenvalue weighted by Gasteiger charge is 2.28. The van der Waals surface area contributed by atoms with E-state index in [1.54, 1.807) is 24.2 Å². The van der Waals surface area contributed by atoms with Gasteiger partial charge in [0.05, 0.1) is 11.4 Å². The lowest BCUT2D eigenvalue weighted by molar-refractivity contribution is -0.135. The molecule has 0 bridgehead atoms. The van der Waals surface area contributed by atoms with Crippen molar-refractivity contribution >= 4 is 34.5 Å². The number of hydrogen-bond acceptors (Lipinski definition) is 5. The first-order valence-corrected chi connectivity index (χ1v) is 10.4. The van der Waals surface area contributed by atoms with Gasteiger partial charge >= 0.3 is 0 Å². The zero-order valence-corrected chi connectivity index (χ0v) is 16.7. The number of nitrogens with zero attached hydrogens (tertiary/aromatic N) is 3. The second-order valence-electron chi connectivity index (χ2n) is 7.13. The molecular weight excluding hydrogens is 360 g/mol. The van der Waals surface area contributed by atoms with Gasteiger partial charge in [-0.3, -0.25) is 14.6 Å². The number of carbonyl (C=O) groups is 2. The first kappa shape index (κ1) is 19.6. The van der Waals surface area contributed by atoms with Crippen molar-refractivity contribution in [1.82, 2.24) is 20.2 Å². The van der Waals surface area contributed by atoms with Crippen molar-refractivity contribution in [2.45, 2.75) is 44.2 Å². The lowest BCUT2D eigenvalue weighted by Gasteiger charge is -2.32. The molecule has 3 rings (SSSR count). The molecule has 0 spiro atoms. The number of likely N-dealkylation sites (tertiary alicyclic amines) is 1. The first-order chi connectivity index (χ1) is 13.0. The molecule has 0 aromatic carbocycles. The number of thioether (sulfide) groups is 1. The summed E-state index contributed by atoms with van der Waals surface area (Å²) >= 11 is 1.58. The fourth-order valence-corrected chi connectivity index (χ4v) is 4.24. The van der Waals surface area contributed by atoms with E-state index in [1.165, 1.54) is 0 Å². The molecular formula is C20H26N4O2S. The molecule has 1 unspecified atom stereocenters. The molecule has 1 aliphatic heterocycles. The van der Waals surface area contributed by atoms with E-state index in [0.29, 0.717) is 18.7 Å². The Kier molecular flexibility index (Phi) is 6.66. The third-order valence-electron chi connectivity index (χ3n) is 4.62.